The molecule has 9 nitrogen and oxygen atoms in total. The molecule has 2 aromatic heterocycles. The zero-order valence-corrected chi connectivity index (χ0v) is 17.7. The summed E-state index contributed by atoms with van der Waals surface area (Å²) < 4.78 is 5.19. The van der Waals surface area contributed by atoms with Gasteiger partial charge in [-0.15, -0.1) is 23.7 Å². The molecule has 2 heterocycles. The number of ether oxygens (including phenoxy) is 1. The van der Waals surface area contributed by atoms with Crippen molar-refractivity contribution >= 4 is 40.5 Å². The van der Waals surface area contributed by atoms with Crippen molar-refractivity contribution in [2.24, 2.45) is 0 Å². The SMILES string of the molecule is COc1ccc(-c2nc(-c3ccc([N+](=O)[O-])cc3)[nH]c2C(=O)Nc2nccs2)cc1.Cl. The molecule has 1 amide bonds. The molecule has 0 radical (unpaired) electrons. The lowest BCUT2D eigenvalue weighted by atomic mass is 10.1. The van der Waals surface area contributed by atoms with E-state index in [4.69, 9.17) is 4.74 Å². The van der Waals surface area contributed by atoms with Crippen molar-refractivity contribution in [3.8, 4) is 28.4 Å². The highest BCUT2D eigenvalue weighted by molar-refractivity contribution is 7.13. The zero-order chi connectivity index (χ0) is 21.1. The van der Waals surface area contributed by atoms with Gasteiger partial charge in [-0.1, -0.05) is 0 Å². The Morgan fingerprint density at radius 3 is 2.39 bits per heavy atom. The number of benzene rings is 2. The fourth-order valence-corrected chi connectivity index (χ4v) is 3.34. The minimum Gasteiger partial charge on any atom is -0.497 e. The molecule has 0 saturated carbocycles. The summed E-state index contributed by atoms with van der Waals surface area (Å²) in [6.07, 6.45) is 1.60. The summed E-state index contributed by atoms with van der Waals surface area (Å²) in [6.45, 7) is 0. The van der Waals surface area contributed by atoms with Crippen LogP contribution >= 0.6 is 23.7 Å². The topological polar surface area (TPSA) is 123 Å². The Hall–Kier alpha value is -3.76. The number of anilines is 1. The van der Waals surface area contributed by atoms with Crippen LogP contribution in [0.4, 0.5) is 10.8 Å². The van der Waals surface area contributed by atoms with Gasteiger partial charge in [-0.3, -0.25) is 20.2 Å². The van der Waals surface area contributed by atoms with E-state index in [2.05, 4.69) is 20.3 Å². The number of H-pyrrole nitrogens is 1. The normalized spacial score (nSPS) is 10.2. The molecule has 11 heteroatoms. The van der Waals surface area contributed by atoms with Gasteiger partial charge in [-0.05, 0) is 36.4 Å². The summed E-state index contributed by atoms with van der Waals surface area (Å²) in [7, 11) is 1.57. The van der Waals surface area contributed by atoms with Crippen molar-refractivity contribution in [2.45, 2.75) is 0 Å². The van der Waals surface area contributed by atoms with Gasteiger partial charge >= 0.3 is 0 Å². The number of aromatic nitrogens is 3. The smallest absolute Gasteiger partial charge is 0.276 e. The maximum atomic E-state index is 12.9. The molecule has 158 valence electrons. The predicted octanol–water partition coefficient (Wildman–Crippen LogP) is 4.79. The van der Waals surface area contributed by atoms with Gasteiger partial charge in [0, 0.05) is 34.8 Å². The van der Waals surface area contributed by atoms with Crippen LogP contribution in [-0.2, 0) is 0 Å². The Morgan fingerprint density at radius 2 is 1.81 bits per heavy atom. The number of nitro groups is 1. The molecule has 0 aliphatic rings. The average Bonchev–Trinajstić information content (AvgIpc) is 3.44. The predicted molar refractivity (Wildman–Crippen MR) is 120 cm³/mol. The molecule has 0 aliphatic heterocycles. The maximum Gasteiger partial charge on any atom is 0.276 e. The van der Waals surface area contributed by atoms with Gasteiger partial charge in [0.05, 0.1) is 12.0 Å². The summed E-state index contributed by atoms with van der Waals surface area (Å²) in [6, 6.07) is 13.1. The highest BCUT2D eigenvalue weighted by Crippen LogP contribution is 2.29. The molecule has 0 aliphatic carbocycles. The van der Waals surface area contributed by atoms with Gasteiger partial charge in [0.25, 0.3) is 11.6 Å². The lowest BCUT2D eigenvalue weighted by Gasteiger charge is -2.04. The maximum absolute atomic E-state index is 12.9. The van der Waals surface area contributed by atoms with Crippen LogP contribution in [0, 0.1) is 10.1 Å². The van der Waals surface area contributed by atoms with E-state index in [0.717, 1.165) is 0 Å². The van der Waals surface area contributed by atoms with Gasteiger partial charge in [0.15, 0.2) is 5.13 Å². The summed E-state index contributed by atoms with van der Waals surface area (Å²) in [5, 5.41) is 15.9. The highest BCUT2D eigenvalue weighted by Gasteiger charge is 2.21. The summed E-state index contributed by atoms with van der Waals surface area (Å²) in [5.74, 6) is 0.704. The molecule has 0 spiro atoms. The third-order valence-corrected chi connectivity index (χ3v) is 4.99. The third kappa shape index (κ3) is 4.71. The Morgan fingerprint density at radius 1 is 1.13 bits per heavy atom. The van der Waals surface area contributed by atoms with Crippen molar-refractivity contribution in [2.75, 3.05) is 12.4 Å². The number of carbonyl (C=O) groups is 1. The number of amides is 1. The van der Waals surface area contributed by atoms with Gasteiger partial charge in [0.1, 0.15) is 23.0 Å². The molecule has 2 aromatic carbocycles. The summed E-state index contributed by atoms with van der Waals surface area (Å²) in [5.41, 5.74) is 2.00. The number of nitrogens with one attached hydrogen (secondary N) is 2. The number of thiazole rings is 1. The van der Waals surface area contributed by atoms with Crippen LogP contribution in [-0.4, -0.2) is 32.9 Å². The van der Waals surface area contributed by atoms with Crippen LogP contribution in [0.5, 0.6) is 5.75 Å². The van der Waals surface area contributed by atoms with Gasteiger partial charge in [-0.2, -0.15) is 0 Å². The van der Waals surface area contributed by atoms with E-state index in [1.165, 1.54) is 23.5 Å². The molecule has 4 aromatic rings. The van der Waals surface area contributed by atoms with E-state index in [1.807, 2.05) is 0 Å². The van der Waals surface area contributed by atoms with E-state index >= 15 is 0 Å². The highest BCUT2D eigenvalue weighted by atomic mass is 35.5. The minimum atomic E-state index is -0.471. The first kappa shape index (κ1) is 21.9. The van der Waals surface area contributed by atoms with Gasteiger partial charge < -0.3 is 9.72 Å². The third-order valence-electron chi connectivity index (χ3n) is 4.30. The number of hydrogen-bond donors (Lipinski definition) is 2. The average molecular weight is 458 g/mol. The molecular formula is C20H16ClN5O4S. The standard InChI is InChI=1S/C20H15N5O4S.ClH/c1-29-15-8-4-12(5-9-15)16-17(19(26)24-20-21-10-11-30-20)23-18(22-16)13-2-6-14(7-3-13)25(27)28;/h2-11H,1H3,(H,22,23)(H,21,24,26);1H. The monoisotopic (exact) mass is 457 g/mol. The number of hydrogen-bond acceptors (Lipinski definition) is 7. The Balaban J connectivity index is 0.00000272. The lowest BCUT2D eigenvalue weighted by Crippen LogP contribution is -2.13. The van der Waals surface area contributed by atoms with Crippen molar-refractivity contribution < 1.29 is 14.5 Å². The second kappa shape index (κ2) is 9.37. The number of non-ortho nitro benzene ring substituents is 1. The second-order valence-electron chi connectivity index (χ2n) is 6.13. The van der Waals surface area contributed by atoms with Gasteiger partial charge in [0.2, 0.25) is 0 Å². The Labute approximate surface area is 186 Å². The molecular weight excluding hydrogens is 442 g/mol. The fourth-order valence-electron chi connectivity index (χ4n) is 2.82. The van der Waals surface area contributed by atoms with Crippen molar-refractivity contribution in [1.82, 2.24) is 15.0 Å². The number of carbonyl (C=O) groups excluding carboxylic acids is 1. The molecule has 0 fully saturated rings. The van der Waals surface area contributed by atoms with Crippen molar-refractivity contribution in [1.29, 1.82) is 0 Å². The van der Waals surface area contributed by atoms with Crippen LogP contribution in [0.25, 0.3) is 22.6 Å². The number of methoxy groups -OCH3 is 1. The second-order valence-corrected chi connectivity index (χ2v) is 7.03. The number of halogens is 1. The quantitative estimate of drug-likeness (QED) is 0.317. The molecule has 0 saturated heterocycles. The van der Waals surface area contributed by atoms with E-state index in [1.54, 1.807) is 55.1 Å². The van der Waals surface area contributed by atoms with Crippen LogP contribution < -0.4 is 10.1 Å². The lowest BCUT2D eigenvalue weighted by molar-refractivity contribution is -0.384. The molecule has 0 bridgehead atoms. The van der Waals surface area contributed by atoms with E-state index < -0.39 is 10.8 Å². The van der Waals surface area contributed by atoms with Crippen LogP contribution in [0.1, 0.15) is 10.5 Å². The molecule has 31 heavy (non-hydrogen) atoms. The number of aromatic amines is 1. The number of imidazole rings is 1. The molecule has 0 unspecified atom stereocenters. The van der Waals surface area contributed by atoms with E-state index in [0.29, 0.717) is 33.5 Å². The number of nitro benzene ring substituents is 1. The number of rotatable bonds is 6. The van der Waals surface area contributed by atoms with E-state index in [9.17, 15) is 14.9 Å². The molecule has 2 N–H and O–H groups in total. The Kier molecular flexibility index (Phi) is 6.63. The van der Waals surface area contributed by atoms with Crippen LogP contribution in [0.3, 0.4) is 0 Å². The summed E-state index contributed by atoms with van der Waals surface area (Å²) in [4.78, 5) is 35.0. The van der Waals surface area contributed by atoms with E-state index in [-0.39, 0.29) is 23.8 Å². The van der Waals surface area contributed by atoms with Crippen LogP contribution in [0.2, 0.25) is 0 Å². The molecule has 0 atom stereocenters. The first-order valence-corrected chi connectivity index (χ1v) is 9.63. The van der Waals surface area contributed by atoms with Gasteiger partial charge in [-0.25, -0.2) is 9.97 Å². The molecule has 4 rings (SSSR count). The van der Waals surface area contributed by atoms with Crippen molar-refractivity contribution in [3.63, 3.8) is 0 Å². The van der Waals surface area contributed by atoms with Crippen LogP contribution in [0.15, 0.2) is 60.1 Å². The Bertz CT molecular complexity index is 1190. The first-order valence-electron chi connectivity index (χ1n) is 8.75. The first-order chi connectivity index (χ1) is 14.5. The number of nitrogens with zero attached hydrogens (tertiary/aromatic N) is 3. The fraction of sp³-hybridized carbons (Fsp3) is 0.0500. The summed E-state index contributed by atoms with van der Waals surface area (Å²) >= 11 is 1.30. The zero-order valence-electron chi connectivity index (χ0n) is 16.1. The largest absolute Gasteiger partial charge is 0.497 e. The van der Waals surface area contributed by atoms with Crippen molar-refractivity contribution in [3.05, 3.63) is 75.9 Å². The minimum absolute atomic E-state index is 0.